The van der Waals surface area contributed by atoms with Crippen molar-refractivity contribution in [2.75, 3.05) is 0 Å². The van der Waals surface area contributed by atoms with E-state index in [1.807, 2.05) is 12.2 Å². The third-order valence-electron chi connectivity index (χ3n) is 2.96. The van der Waals surface area contributed by atoms with Crippen LogP contribution in [0.4, 0.5) is 0 Å². The van der Waals surface area contributed by atoms with Gasteiger partial charge in [0.1, 0.15) is 0 Å². The average molecular weight is 357 g/mol. The molecule has 0 heterocycles. The van der Waals surface area contributed by atoms with E-state index in [0.29, 0.717) is 12.5 Å². The van der Waals surface area contributed by atoms with Gasteiger partial charge in [0.25, 0.3) is 0 Å². The number of carbonyl (C=O) groups is 1. The summed E-state index contributed by atoms with van der Waals surface area (Å²) in [5.41, 5.74) is 0. The van der Waals surface area contributed by atoms with E-state index in [4.69, 9.17) is 8.85 Å². The zero-order valence-corrected chi connectivity index (χ0v) is 18.1. The molecule has 0 saturated carbocycles. The Labute approximate surface area is 145 Å². The van der Waals surface area contributed by atoms with Gasteiger partial charge in [-0.2, -0.15) is 0 Å². The molecule has 23 heavy (non-hydrogen) atoms. The highest BCUT2D eigenvalue weighted by Gasteiger charge is 2.23. The highest BCUT2D eigenvalue weighted by Crippen LogP contribution is 2.16. The Bertz CT molecular complexity index is 392. The SMILES string of the molecule is C=CCC(CCC)O[Si](C)(C)C.C[Si](C)(C)OC1C=CC(=O)C1. The predicted octanol–water partition coefficient (Wildman–Crippen LogP) is 5.32. The maximum atomic E-state index is 10.8. The van der Waals surface area contributed by atoms with Gasteiger partial charge < -0.3 is 8.85 Å². The van der Waals surface area contributed by atoms with E-state index < -0.39 is 16.6 Å². The fourth-order valence-corrected chi connectivity index (χ4v) is 4.60. The van der Waals surface area contributed by atoms with Gasteiger partial charge in [0.05, 0.1) is 6.10 Å². The standard InChI is InChI=1S/C10H22OSi.C8H14O2Si/c1-6-8-10(9-7-2)11-12(3,4)5;1-11(2,3)10-8-5-4-7(9)6-8/h6,10H,1,7-9H2,2-5H3;4-5,8H,6H2,1-3H3. The smallest absolute Gasteiger partial charge is 0.184 e. The minimum atomic E-state index is -1.46. The van der Waals surface area contributed by atoms with Crippen molar-refractivity contribution < 1.29 is 13.6 Å². The van der Waals surface area contributed by atoms with Gasteiger partial charge in [-0.1, -0.05) is 25.5 Å². The zero-order chi connectivity index (χ0) is 18.1. The summed E-state index contributed by atoms with van der Waals surface area (Å²) in [6.45, 7) is 19.0. The lowest BCUT2D eigenvalue weighted by Crippen LogP contribution is -2.31. The van der Waals surface area contributed by atoms with Crippen LogP contribution in [0.15, 0.2) is 24.8 Å². The van der Waals surface area contributed by atoms with E-state index >= 15 is 0 Å². The first-order valence-electron chi connectivity index (χ1n) is 8.64. The van der Waals surface area contributed by atoms with Crippen LogP contribution in [0, 0.1) is 0 Å². The molecule has 0 saturated heterocycles. The fraction of sp³-hybridized carbons (Fsp3) is 0.722. The Morgan fingerprint density at radius 3 is 2.22 bits per heavy atom. The molecule has 0 aromatic carbocycles. The number of carbonyl (C=O) groups excluding carboxylic acids is 1. The third-order valence-corrected chi connectivity index (χ3v) is 5.01. The molecule has 2 atom stereocenters. The summed E-state index contributed by atoms with van der Waals surface area (Å²) in [7, 11) is -2.80. The fourth-order valence-electron chi connectivity index (χ4n) is 2.32. The molecule has 0 N–H and O–H groups in total. The largest absolute Gasteiger partial charge is 0.414 e. The number of allylic oxidation sites excluding steroid dienone is 1. The summed E-state index contributed by atoms with van der Waals surface area (Å²) >= 11 is 0. The lowest BCUT2D eigenvalue weighted by molar-refractivity contribution is -0.114. The molecule has 0 fully saturated rings. The zero-order valence-electron chi connectivity index (χ0n) is 16.1. The lowest BCUT2D eigenvalue weighted by atomic mass is 10.1. The molecule has 5 heteroatoms. The molecule has 0 aromatic heterocycles. The number of rotatable bonds is 8. The Balaban J connectivity index is 0.000000422. The summed E-state index contributed by atoms with van der Waals surface area (Å²) < 4.78 is 11.7. The molecule has 0 amide bonds. The Kier molecular flexibility index (Phi) is 10.2. The highest BCUT2D eigenvalue weighted by atomic mass is 28.4. The summed E-state index contributed by atoms with van der Waals surface area (Å²) in [4.78, 5) is 10.8. The second-order valence-electron chi connectivity index (χ2n) is 7.96. The maximum Gasteiger partial charge on any atom is 0.184 e. The van der Waals surface area contributed by atoms with E-state index in [0.717, 1.165) is 12.8 Å². The number of ketones is 1. The van der Waals surface area contributed by atoms with Crippen LogP contribution in [0.2, 0.25) is 39.3 Å². The van der Waals surface area contributed by atoms with E-state index in [2.05, 4.69) is 52.8 Å². The average Bonchev–Trinajstić information content (AvgIpc) is 2.71. The number of hydrogen-bond donors (Lipinski definition) is 0. The van der Waals surface area contributed by atoms with Gasteiger partial charge >= 0.3 is 0 Å². The maximum absolute atomic E-state index is 10.8. The van der Waals surface area contributed by atoms with Crippen LogP contribution in [0.1, 0.15) is 32.6 Å². The molecule has 0 spiro atoms. The third kappa shape index (κ3) is 13.6. The Morgan fingerprint density at radius 2 is 1.87 bits per heavy atom. The van der Waals surface area contributed by atoms with Crippen molar-refractivity contribution in [2.45, 2.75) is 84.1 Å². The molecule has 1 aliphatic rings. The van der Waals surface area contributed by atoms with Gasteiger partial charge in [-0.05, 0) is 58.2 Å². The van der Waals surface area contributed by atoms with Crippen molar-refractivity contribution in [1.29, 1.82) is 0 Å². The second kappa shape index (κ2) is 10.4. The topological polar surface area (TPSA) is 35.5 Å². The molecule has 1 rings (SSSR count). The normalized spacial score (nSPS) is 19.3. The monoisotopic (exact) mass is 356 g/mol. The molecular formula is C18H36O3Si2. The summed E-state index contributed by atoms with van der Waals surface area (Å²) in [6, 6.07) is 0. The van der Waals surface area contributed by atoms with Crippen LogP contribution < -0.4 is 0 Å². The highest BCUT2D eigenvalue weighted by molar-refractivity contribution is 6.70. The molecule has 2 unspecified atom stereocenters. The molecule has 0 radical (unpaired) electrons. The van der Waals surface area contributed by atoms with Crippen LogP contribution in [0.5, 0.6) is 0 Å². The molecule has 0 aliphatic heterocycles. The van der Waals surface area contributed by atoms with Crippen molar-refractivity contribution in [2.24, 2.45) is 0 Å². The van der Waals surface area contributed by atoms with E-state index in [1.165, 1.54) is 6.42 Å². The molecule has 1 aliphatic carbocycles. The van der Waals surface area contributed by atoms with Gasteiger partial charge in [0.2, 0.25) is 0 Å². The molecule has 0 bridgehead atoms. The van der Waals surface area contributed by atoms with Crippen LogP contribution >= 0.6 is 0 Å². The summed E-state index contributed by atoms with van der Waals surface area (Å²) in [5.74, 6) is 0.188. The molecule has 3 nitrogen and oxygen atoms in total. The predicted molar refractivity (Wildman–Crippen MR) is 105 cm³/mol. The van der Waals surface area contributed by atoms with Crippen molar-refractivity contribution in [3.05, 3.63) is 24.8 Å². The van der Waals surface area contributed by atoms with Gasteiger partial charge in [-0.15, -0.1) is 6.58 Å². The Hall–Kier alpha value is -0.496. The van der Waals surface area contributed by atoms with Crippen LogP contribution in [0.25, 0.3) is 0 Å². The summed E-state index contributed by atoms with van der Waals surface area (Å²) in [6.07, 6.45) is 9.82. The van der Waals surface area contributed by atoms with Gasteiger partial charge in [-0.25, -0.2) is 0 Å². The first-order valence-corrected chi connectivity index (χ1v) is 15.5. The van der Waals surface area contributed by atoms with Gasteiger partial charge in [0.15, 0.2) is 22.4 Å². The van der Waals surface area contributed by atoms with E-state index in [-0.39, 0.29) is 11.9 Å². The Morgan fingerprint density at radius 1 is 1.26 bits per heavy atom. The molecular weight excluding hydrogens is 320 g/mol. The number of hydrogen-bond acceptors (Lipinski definition) is 3. The minimum absolute atomic E-state index is 0.0640. The second-order valence-corrected chi connectivity index (χ2v) is 16.9. The van der Waals surface area contributed by atoms with Gasteiger partial charge in [0, 0.05) is 12.5 Å². The van der Waals surface area contributed by atoms with Crippen molar-refractivity contribution >= 4 is 22.4 Å². The quantitative estimate of drug-likeness (QED) is 0.436. The van der Waals surface area contributed by atoms with Crippen molar-refractivity contribution in [3.63, 3.8) is 0 Å². The van der Waals surface area contributed by atoms with Crippen LogP contribution in [-0.2, 0) is 13.6 Å². The molecule has 134 valence electrons. The lowest BCUT2D eigenvalue weighted by Gasteiger charge is -2.25. The minimum Gasteiger partial charge on any atom is -0.414 e. The van der Waals surface area contributed by atoms with E-state index in [9.17, 15) is 4.79 Å². The molecule has 0 aromatic rings. The first kappa shape index (κ1) is 22.5. The van der Waals surface area contributed by atoms with Crippen LogP contribution in [0.3, 0.4) is 0 Å². The van der Waals surface area contributed by atoms with E-state index in [1.54, 1.807) is 6.08 Å². The van der Waals surface area contributed by atoms with Gasteiger partial charge in [-0.3, -0.25) is 4.79 Å². The van der Waals surface area contributed by atoms with Crippen molar-refractivity contribution in [3.8, 4) is 0 Å². The first-order chi connectivity index (χ1) is 10.5. The van der Waals surface area contributed by atoms with Crippen molar-refractivity contribution in [1.82, 2.24) is 0 Å². The summed E-state index contributed by atoms with van der Waals surface area (Å²) in [5, 5.41) is 0. The van der Waals surface area contributed by atoms with Crippen LogP contribution in [-0.4, -0.2) is 34.6 Å².